The van der Waals surface area contributed by atoms with Crippen molar-refractivity contribution in [1.29, 1.82) is 0 Å². The highest BCUT2D eigenvalue weighted by Gasteiger charge is 2.18. The molecule has 1 aromatic heterocycles. The highest BCUT2D eigenvalue weighted by atomic mass is 16.2. The Labute approximate surface area is 158 Å². The lowest BCUT2D eigenvalue weighted by atomic mass is 10.1. The van der Waals surface area contributed by atoms with Gasteiger partial charge in [0.15, 0.2) is 0 Å². The monoisotopic (exact) mass is 361 g/mol. The number of fused-ring (bicyclic) bond motifs is 1. The molecule has 0 spiro atoms. The maximum Gasteiger partial charge on any atom is 0.261 e. The Morgan fingerprint density at radius 3 is 2.41 bits per heavy atom. The van der Waals surface area contributed by atoms with Crippen molar-refractivity contribution in [3.8, 4) is 11.4 Å². The number of hydrogen-bond donors (Lipinski definition) is 0. The van der Waals surface area contributed by atoms with E-state index in [1.165, 1.54) is 6.42 Å². The summed E-state index contributed by atoms with van der Waals surface area (Å²) in [7, 11) is 0. The topological polar surface area (TPSA) is 55.2 Å². The maximum absolute atomic E-state index is 13.1. The van der Waals surface area contributed by atoms with Crippen LogP contribution in [-0.2, 0) is 11.3 Å². The van der Waals surface area contributed by atoms with Gasteiger partial charge in [0.1, 0.15) is 5.82 Å². The number of nitrogens with zero attached hydrogens (tertiary/aromatic N) is 3. The van der Waals surface area contributed by atoms with Gasteiger partial charge in [-0.2, -0.15) is 0 Å². The first-order valence-corrected chi connectivity index (χ1v) is 9.57. The lowest BCUT2D eigenvalue weighted by molar-refractivity contribution is -0.132. The molecule has 1 amide bonds. The molecule has 2 heterocycles. The van der Waals surface area contributed by atoms with Crippen molar-refractivity contribution in [2.24, 2.45) is 0 Å². The quantitative estimate of drug-likeness (QED) is 0.715. The molecular weight excluding hydrogens is 338 g/mol. The zero-order chi connectivity index (χ0) is 18.6. The zero-order valence-corrected chi connectivity index (χ0v) is 15.3. The summed E-state index contributed by atoms with van der Waals surface area (Å²) in [6, 6.07) is 17.1. The molecule has 0 aliphatic carbocycles. The van der Waals surface area contributed by atoms with E-state index in [-0.39, 0.29) is 11.5 Å². The number of piperidine rings is 1. The third-order valence-electron chi connectivity index (χ3n) is 5.15. The Bertz CT molecular complexity index is 1000. The summed E-state index contributed by atoms with van der Waals surface area (Å²) in [5.74, 6) is 0.736. The summed E-state index contributed by atoms with van der Waals surface area (Å²) < 4.78 is 1.65. The van der Waals surface area contributed by atoms with E-state index in [1.54, 1.807) is 10.6 Å². The van der Waals surface area contributed by atoms with Crippen LogP contribution in [0.4, 0.5) is 0 Å². The second-order valence-electron chi connectivity index (χ2n) is 6.97. The van der Waals surface area contributed by atoms with Crippen molar-refractivity contribution in [1.82, 2.24) is 14.5 Å². The van der Waals surface area contributed by atoms with Gasteiger partial charge in [0.05, 0.1) is 10.9 Å². The SMILES string of the molecule is O=C(CCn1c(-c2ccccc2)nc2ccccc2c1=O)N1CCCCC1. The Morgan fingerprint density at radius 1 is 0.926 bits per heavy atom. The summed E-state index contributed by atoms with van der Waals surface area (Å²) in [4.78, 5) is 32.4. The van der Waals surface area contributed by atoms with E-state index in [2.05, 4.69) is 0 Å². The molecule has 1 saturated heterocycles. The van der Waals surface area contributed by atoms with Gasteiger partial charge in [-0.1, -0.05) is 42.5 Å². The number of carbonyl (C=O) groups is 1. The van der Waals surface area contributed by atoms with Crippen LogP contribution in [0.1, 0.15) is 25.7 Å². The molecule has 5 heteroatoms. The molecule has 138 valence electrons. The van der Waals surface area contributed by atoms with Crippen LogP contribution in [0.3, 0.4) is 0 Å². The van der Waals surface area contributed by atoms with Crippen LogP contribution < -0.4 is 5.56 Å². The van der Waals surface area contributed by atoms with Crippen LogP contribution in [0, 0.1) is 0 Å². The lowest BCUT2D eigenvalue weighted by Crippen LogP contribution is -2.36. The average molecular weight is 361 g/mol. The van der Waals surface area contributed by atoms with Crippen molar-refractivity contribution in [3.63, 3.8) is 0 Å². The summed E-state index contributed by atoms with van der Waals surface area (Å²) in [5.41, 5.74) is 1.47. The predicted octanol–water partition coefficient (Wildman–Crippen LogP) is 3.47. The normalized spacial score (nSPS) is 14.4. The molecule has 0 radical (unpaired) electrons. The van der Waals surface area contributed by atoms with Crippen molar-refractivity contribution in [2.45, 2.75) is 32.2 Å². The van der Waals surface area contributed by atoms with Gasteiger partial charge in [-0.25, -0.2) is 4.98 Å². The third kappa shape index (κ3) is 3.63. The van der Waals surface area contributed by atoms with Crippen LogP contribution in [0.5, 0.6) is 0 Å². The smallest absolute Gasteiger partial charge is 0.261 e. The van der Waals surface area contributed by atoms with Gasteiger partial charge >= 0.3 is 0 Å². The Kier molecular flexibility index (Phi) is 5.01. The Balaban J connectivity index is 1.70. The van der Waals surface area contributed by atoms with Crippen LogP contribution in [0.2, 0.25) is 0 Å². The summed E-state index contributed by atoms with van der Waals surface area (Å²) in [5, 5.41) is 0.586. The molecule has 5 nitrogen and oxygen atoms in total. The molecule has 0 bridgehead atoms. The second kappa shape index (κ2) is 7.74. The number of hydrogen-bond acceptors (Lipinski definition) is 3. The molecule has 1 aliphatic rings. The van der Waals surface area contributed by atoms with E-state index < -0.39 is 0 Å². The molecule has 0 unspecified atom stereocenters. The molecule has 27 heavy (non-hydrogen) atoms. The van der Waals surface area contributed by atoms with Gasteiger partial charge in [0, 0.05) is 31.6 Å². The van der Waals surface area contributed by atoms with Crippen molar-refractivity contribution < 1.29 is 4.79 Å². The first kappa shape index (κ1) is 17.5. The fraction of sp³-hybridized carbons (Fsp3) is 0.318. The van der Waals surface area contributed by atoms with E-state index in [9.17, 15) is 9.59 Å². The molecule has 0 atom stereocenters. The number of aromatic nitrogens is 2. The van der Waals surface area contributed by atoms with Crippen molar-refractivity contribution >= 4 is 16.8 Å². The van der Waals surface area contributed by atoms with Crippen LogP contribution in [-0.4, -0.2) is 33.4 Å². The minimum Gasteiger partial charge on any atom is -0.343 e. The van der Waals surface area contributed by atoms with Gasteiger partial charge < -0.3 is 4.90 Å². The van der Waals surface area contributed by atoms with Gasteiger partial charge in [0.25, 0.3) is 5.56 Å². The number of carbonyl (C=O) groups excluding carboxylic acids is 1. The molecule has 3 aromatic rings. The van der Waals surface area contributed by atoms with Crippen LogP contribution in [0.25, 0.3) is 22.3 Å². The second-order valence-corrected chi connectivity index (χ2v) is 6.97. The summed E-state index contributed by atoms with van der Waals surface area (Å²) >= 11 is 0. The minimum absolute atomic E-state index is 0.0918. The molecule has 1 aliphatic heterocycles. The van der Waals surface area contributed by atoms with Crippen molar-refractivity contribution in [2.75, 3.05) is 13.1 Å². The van der Waals surface area contributed by atoms with Gasteiger partial charge in [0.2, 0.25) is 5.91 Å². The molecule has 0 N–H and O–H groups in total. The van der Waals surface area contributed by atoms with Gasteiger partial charge in [-0.3, -0.25) is 14.2 Å². The zero-order valence-electron chi connectivity index (χ0n) is 15.3. The molecule has 1 fully saturated rings. The highest BCUT2D eigenvalue weighted by Crippen LogP contribution is 2.19. The van der Waals surface area contributed by atoms with Crippen LogP contribution >= 0.6 is 0 Å². The van der Waals surface area contributed by atoms with Crippen molar-refractivity contribution in [3.05, 3.63) is 65.0 Å². The first-order chi connectivity index (χ1) is 13.2. The van der Waals surface area contributed by atoms with E-state index in [4.69, 9.17) is 4.98 Å². The number of benzene rings is 2. The number of likely N-dealkylation sites (tertiary alicyclic amines) is 1. The largest absolute Gasteiger partial charge is 0.343 e. The number of para-hydroxylation sites is 1. The number of amides is 1. The third-order valence-corrected chi connectivity index (χ3v) is 5.15. The fourth-order valence-electron chi connectivity index (χ4n) is 3.69. The predicted molar refractivity (Wildman–Crippen MR) is 106 cm³/mol. The summed E-state index contributed by atoms with van der Waals surface area (Å²) in [6.07, 6.45) is 3.65. The van der Waals surface area contributed by atoms with E-state index in [1.807, 2.05) is 53.4 Å². The molecule has 2 aromatic carbocycles. The van der Waals surface area contributed by atoms with Gasteiger partial charge in [-0.05, 0) is 31.4 Å². The van der Waals surface area contributed by atoms with Crippen LogP contribution in [0.15, 0.2) is 59.4 Å². The van der Waals surface area contributed by atoms with E-state index in [0.29, 0.717) is 29.7 Å². The van der Waals surface area contributed by atoms with E-state index >= 15 is 0 Å². The first-order valence-electron chi connectivity index (χ1n) is 9.57. The maximum atomic E-state index is 13.1. The molecular formula is C22H23N3O2. The average Bonchev–Trinajstić information content (AvgIpc) is 2.74. The van der Waals surface area contributed by atoms with Gasteiger partial charge in [-0.15, -0.1) is 0 Å². The molecule has 4 rings (SSSR count). The fourth-order valence-corrected chi connectivity index (χ4v) is 3.69. The Hall–Kier alpha value is -2.95. The summed E-state index contributed by atoms with van der Waals surface area (Å²) in [6.45, 7) is 2.00. The minimum atomic E-state index is -0.0918. The standard InChI is InChI=1S/C22H23N3O2/c26-20(24-14-7-2-8-15-24)13-16-25-21(17-9-3-1-4-10-17)23-19-12-6-5-11-18(19)22(25)27/h1,3-6,9-12H,2,7-8,13-16H2. The Morgan fingerprint density at radius 2 is 1.63 bits per heavy atom. The van der Waals surface area contributed by atoms with E-state index in [0.717, 1.165) is 31.5 Å². The lowest BCUT2D eigenvalue weighted by Gasteiger charge is -2.27. The highest BCUT2D eigenvalue weighted by molar-refractivity contribution is 5.80. The number of rotatable bonds is 4. The molecule has 0 saturated carbocycles.